The highest BCUT2D eigenvalue weighted by Gasteiger charge is 2.22. The first-order valence-corrected chi connectivity index (χ1v) is 7.84. The smallest absolute Gasteiger partial charge is 0.222 e. The van der Waals surface area contributed by atoms with E-state index in [1.165, 1.54) is 16.5 Å². The monoisotopic (exact) mass is 285 g/mol. The van der Waals surface area contributed by atoms with Gasteiger partial charge in [-0.2, -0.15) is 0 Å². The lowest BCUT2D eigenvalue weighted by molar-refractivity contribution is -0.121. The highest BCUT2D eigenvalue weighted by atomic mass is 16.1. The normalized spacial score (nSPS) is 14.5. The third-order valence-corrected chi connectivity index (χ3v) is 3.96. The van der Waals surface area contributed by atoms with Crippen molar-refractivity contribution < 1.29 is 4.79 Å². The summed E-state index contributed by atoms with van der Waals surface area (Å²) in [4.78, 5) is 11.8. The van der Waals surface area contributed by atoms with Gasteiger partial charge in [-0.05, 0) is 31.0 Å². The van der Waals surface area contributed by atoms with Gasteiger partial charge in [-0.15, -0.1) is 0 Å². The number of para-hydroxylation sites is 1. The van der Waals surface area contributed by atoms with Crippen LogP contribution in [0, 0.1) is 0 Å². The Kier molecular flexibility index (Phi) is 4.25. The van der Waals surface area contributed by atoms with Gasteiger partial charge >= 0.3 is 0 Å². The topological polar surface area (TPSA) is 46.1 Å². The summed E-state index contributed by atoms with van der Waals surface area (Å²) in [7, 11) is 0. The number of hydrogen-bond acceptors (Lipinski definition) is 2. The fourth-order valence-corrected chi connectivity index (χ4v) is 2.66. The van der Waals surface area contributed by atoms with Crippen molar-refractivity contribution in [1.82, 2.24) is 15.2 Å². The van der Waals surface area contributed by atoms with Crippen LogP contribution in [-0.2, 0) is 17.9 Å². The molecule has 1 heterocycles. The molecule has 0 atom stereocenters. The van der Waals surface area contributed by atoms with E-state index < -0.39 is 0 Å². The number of carbonyl (C=O) groups is 1. The van der Waals surface area contributed by atoms with Crippen molar-refractivity contribution in [3.63, 3.8) is 0 Å². The maximum atomic E-state index is 11.8. The maximum Gasteiger partial charge on any atom is 0.222 e. The first-order valence-electron chi connectivity index (χ1n) is 7.84. The van der Waals surface area contributed by atoms with Crippen molar-refractivity contribution in [1.29, 1.82) is 0 Å². The quantitative estimate of drug-likeness (QED) is 0.820. The van der Waals surface area contributed by atoms with Crippen LogP contribution in [-0.4, -0.2) is 23.1 Å². The molecule has 1 aromatic heterocycles. The second-order valence-corrected chi connectivity index (χ2v) is 5.74. The molecule has 0 unspecified atom stereocenters. The fraction of sp³-hybridized carbons (Fsp3) is 0.471. The first kappa shape index (κ1) is 14.1. The van der Waals surface area contributed by atoms with E-state index in [0.717, 1.165) is 32.5 Å². The lowest BCUT2D eigenvalue weighted by atomic mass is 10.2. The Bertz CT molecular complexity index is 628. The van der Waals surface area contributed by atoms with Crippen molar-refractivity contribution in [3.8, 4) is 0 Å². The Morgan fingerprint density at radius 1 is 1.33 bits per heavy atom. The molecule has 3 rings (SSSR count). The number of benzene rings is 1. The molecule has 1 aliphatic rings. The molecule has 0 saturated heterocycles. The van der Waals surface area contributed by atoms with Gasteiger partial charge < -0.3 is 15.2 Å². The van der Waals surface area contributed by atoms with E-state index in [-0.39, 0.29) is 5.91 Å². The van der Waals surface area contributed by atoms with Crippen LogP contribution in [0.1, 0.15) is 31.7 Å². The van der Waals surface area contributed by atoms with Gasteiger partial charge in [0.15, 0.2) is 0 Å². The molecule has 2 N–H and O–H groups in total. The van der Waals surface area contributed by atoms with Crippen molar-refractivity contribution in [2.24, 2.45) is 0 Å². The summed E-state index contributed by atoms with van der Waals surface area (Å²) in [5.74, 6) is 0.170. The SMILES string of the molecule is CCNCc1cn(CCC(=O)NC2CC2)c2ccccc12. The largest absolute Gasteiger partial charge is 0.353 e. The molecular weight excluding hydrogens is 262 g/mol. The van der Waals surface area contributed by atoms with Crippen LogP contribution in [0.15, 0.2) is 30.5 Å². The zero-order valence-electron chi connectivity index (χ0n) is 12.6. The minimum atomic E-state index is 0.170. The molecule has 1 saturated carbocycles. The molecule has 1 fully saturated rings. The number of fused-ring (bicyclic) bond motifs is 1. The first-order chi connectivity index (χ1) is 10.3. The molecule has 0 radical (unpaired) electrons. The zero-order valence-corrected chi connectivity index (χ0v) is 12.6. The lowest BCUT2D eigenvalue weighted by Gasteiger charge is -2.06. The number of hydrogen-bond donors (Lipinski definition) is 2. The van der Waals surface area contributed by atoms with E-state index in [1.807, 2.05) is 0 Å². The van der Waals surface area contributed by atoms with Gasteiger partial charge in [-0.25, -0.2) is 0 Å². The highest BCUT2D eigenvalue weighted by molar-refractivity contribution is 5.84. The van der Waals surface area contributed by atoms with Crippen LogP contribution < -0.4 is 10.6 Å². The van der Waals surface area contributed by atoms with Crippen molar-refractivity contribution in [3.05, 3.63) is 36.0 Å². The number of carbonyl (C=O) groups excluding carboxylic acids is 1. The second-order valence-electron chi connectivity index (χ2n) is 5.74. The number of aryl methyl sites for hydroxylation is 1. The van der Waals surface area contributed by atoms with E-state index in [4.69, 9.17) is 0 Å². The van der Waals surface area contributed by atoms with Crippen LogP contribution in [0.5, 0.6) is 0 Å². The van der Waals surface area contributed by atoms with Gasteiger partial charge in [0.2, 0.25) is 5.91 Å². The summed E-state index contributed by atoms with van der Waals surface area (Å²) in [6, 6.07) is 8.86. The molecule has 4 heteroatoms. The molecule has 0 spiro atoms. The third-order valence-electron chi connectivity index (χ3n) is 3.96. The molecule has 4 nitrogen and oxygen atoms in total. The summed E-state index contributed by atoms with van der Waals surface area (Å²) in [5.41, 5.74) is 2.51. The van der Waals surface area contributed by atoms with Crippen LogP contribution in [0.4, 0.5) is 0 Å². The molecule has 21 heavy (non-hydrogen) atoms. The molecule has 1 aromatic carbocycles. The van der Waals surface area contributed by atoms with Crippen molar-refractivity contribution in [2.45, 2.75) is 45.3 Å². The van der Waals surface area contributed by atoms with Crippen LogP contribution >= 0.6 is 0 Å². The van der Waals surface area contributed by atoms with E-state index in [1.54, 1.807) is 0 Å². The molecule has 2 aromatic rings. The molecule has 1 aliphatic carbocycles. The van der Waals surface area contributed by atoms with E-state index >= 15 is 0 Å². The number of nitrogens with one attached hydrogen (secondary N) is 2. The average molecular weight is 285 g/mol. The number of nitrogens with zero attached hydrogens (tertiary/aromatic N) is 1. The lowest BCUT2D eigenvalue weighted by Crippen LogP contribution is -2.26. The van der Waals surface area contributed by atoms with Gasteiger partial charge in [0.25, 0.3) is 0 Å². The third kappa shape index (κ3) is 3.45. The van der Waals surface area contributed by atoms with Gasteiger partial charge in [0.05, 0.1) is 0 Å². The molecule has 112 valence electrons. The second kappa shape index (κ2) is 6.31. The Balaban J connectivity index is 1.72. The standard InChI is InChI=1S/C17H23N3O/c1-2-18-11-13-12-20(16-6-4-3-5-15(13)16)10-9-17(21)19-14-7-8-14/h3-6,12,14,18H,2,7-11H2,1H3,(H,19,21). The Labute approximate surface area is 125 Å². The van der Waals surface area contributed by atoms with Crippen molar-refractivity contribution in [2.75, 3.05) is 6.54 Å². The van der Waals surface area contributed by atoms with Crippen LogP contribution in [0.3, 0.4) is 0 Å². The summed E-state index contributed by atoms with van der Waals surface area (Å²) in [5, 5.41) is 7.70. The van der Waals surface area contributed by atoms with E-state index in [0.29, 0.717) is 12.5 Å². The van der Waals surface area contributed by atoms with Gasteiger partial charge in [-0.3, -0.25) is 4.79 Å². The van der Waals surface area contributed by atoms with Crippen molar-refractivity contribution >= 4 is 16.8 Å². The summed E-state index contributed by atoms with van der Waals surface area (Å²) < 4.78 is 2.20. The Morgan fingerprint density at radius 3 is 2.90 bits per heavy atom. The number of aromatic nitrogens is 1. The highest BCUT2D eigenvalue weighted by Crippen LogP contribution is 2.22. The number of rotatable bonds is 7. The molecule has 0 bridgehead atoms. The summed E-state index contributed by atoms with van der Waals surface area (Å²) >= 11 is 0. The van der Waals surface area contributed by atoms with Gasteiger partial charge in [0.1, 0.15) is 0 Å². The average Bonchev–Trinajstić information content (AvgIpc) is 3.24. The van der Waals surface area contributed by atoms with Crippen LogP contribution in [0.2, 0.25) is 0 Å². The number of amides is 1. The van der Waals surface area contributed by atoms with Gasteiger partial charge in [-0.1, -0.05) is 25.1 Å². The molecule has 1 amide bonds. The van der Waals surface area contributed by atoms with Crippen LogP contribution in [0.25, 0.3) is 10.9 Å². The maximum absolute atomic E-state index is 11.8. The Hall–Kier alpha value is -1.81. The Morgan fingerprint density at radius 2 is 2.14 bits per heavy atom. The zero-order chi connectivity index (χ0) is 14.7. The van der Waals surface area contributed by atoms with E-state index in [2.05, 4.69) is 52.6 Å². The fourth-order valence-electron chi connectivity index (χ4n) is 2.66. The predicted octanol–water partition coefficient (Wildman–Crippen LogP) is 2.42. The molecule has 0 aliphatic heterocycles. The summed E-state index contributed by atoms with van der Waals surface area (Å²) in [6.07, 6.45) is 5.02. The minimum Gasteiger partial charge on any atom is -0.353 e. The summed E-state index contributed by atoms with van der Waals surface area (Å²) in [6.45, 7) is 4.69. The van der Waals surface area contributed by atoms with Gasteiger partial charge in [0, 0.05) is 42.7 Å². The molecular formula is C17H23N3O. The van der Waals surface area contributed by atoms with E-state index in [9.17, 15) is 4.79 Å². The predicted molar refractivity (Wildman–Crippen MR) is 85.1 cm³/mol. The minimum absolute atomic E-state index is 0.170.